The second-order valence-corrected chi connectivity index (χ2v) is 8.83. The molecule has 3 N–H and O–H groups in total. The zero-order chi connectivity index (χ0) is 21.7. The Morgan fingerprint density at radius 1 is 0.833 bits per heavy atom. The van der Waals surface area contributed by atoms with Gasteiger partial charge in [-0.2, -0.15) is 0 Å². The zero-order valence-corrected chi connectivity index (χ0v) is 18.0. The van der Waals surface area contributed by atoms with Gasteiger partial charge in [-0.15, -0.1) is 0 Å². The number of carbonyl (C=O) groups excluding carboxylic acids is 1. The van der Waals surface area contributed by atoms with Crippen molar-refractivity contribution in [1.29, 1.82) is 0 Å². The highest BCUT2D eigenvalue weighted by molar-refractivity contribution is 7.92. The van der Waals surface area contributed by atoms with E-state index in [1.807, 2.05) is 31.2 Å². The van der Waals surface area contributed by atoms with Crippen molar-refractivity contribution in [3.8, 4) is 0 Å². The molecular weight excluding hydrogens is 398 g/mol. The van der Waals surface area contributed by atoms with Gasteiger partial charge in [-0.1, -0.05) is 36.4 Å². The summed E-state index contributed by atoms with van der Waals surface area (Å²) >= 11 is 0. The van der Waals surface area contributed by atoms with Crippen LogP contribution in [0.15, 0.2) is 77.7 Å². The summed E-state index contributed by atoms with van der Waals surface area (Å²) in [7, 11) is -3.78. The van der Waals surface area contributed by atoms with Gasteiger partial charge in [0.15, 0.2) is 0 Å². The fourth-order valence-corrected chi connectivity index (χ4v) is 4.31. The highest BCUT2D eigenvalue weighted by Gasteiger charge is 2.19. The van der Waals surface area contributed by atoms with Gasteiger partial charge in [-0.05, 0) is 68.3 Å². The molecule has 6 nitrogen and oxygen atoms in total. The highest BCUT2D eigenvalue weighted by Crippen LogP contribution is 2.24. The first-order valence-electron chi connectivity index (χ1n) is 9.57. The average Bonchev–Trinajstić information content (AvgIpc) is 2.69. The molecule has 3 aromatic rings. The van der Waals surface area contributed by atoms with E-state index >= 15 is 0 Å². The number of amides is 1. The minimum Gasteiger partial charge on any atom is -0.374 e. The summed E-state index contributed by atoms with van der Waals surface area (Å²) in [6, 6.07) is 20.8. The van der Waals surface area contributed by atoms with E-state index in [9.17, 15) is 13.2 Å². The second-order valence-electron chi connectivity index (χ2n) is 7.18. The number of rotatable bonds is 7. The fraction of sp³-hybridized carbons (Fsp3) is 0.174. The fourth-order valence-electron chi connectivity index (χ4n) is 2.99. The van der Waals surface area contributed by atoms with Crippen molar-refractivity contribution >= 4 is 33.0 Å². The third kappa shape index (κ3) is 5.39. The predicted octanol–water partition coefficient (Wildman–Crippen LogP) is 4.54. The first-order valence-corrected chi connectivity index (χ1v) is 11.1. The molecule has 1 atom stereocenters. The number of benzene rings is 3. The van der Waals surface area contributed by atoms with E-state index < -0.39 is 16.1 Å². The van der Waals surface area contributed by atoms with Gasteiger partial charge in [0.05, 0.1) is 4.90 Å². The largest absolute Gasteiger partial charge is 0.374 e. The summed E-state index contributed by atoms with van der Waals surface area (Å²) in [5, 5.41) is 5.89. The molecular formula is C23H25N3O3S. The lowest BCUT2D eigenvalue weighted by Crippen LogP contribution is -2.32. The summed E-state index contributed by atoms with van der Waals surface area (Å²) in [6.07, 6.45) is 0. The molecule has 156 valence electrons. The number of carbonyl (C=O) groups is 1. The molecule has 0 bridgehead atoms. The van der Waals surface area contributed by atoms with Crippen molar-refractivity contribution in [3.05, 3.63) is 83.9 Å². The van der Waals surface area contributed by atoms with Crippen LogP contribution in [0.25, 0.3) is 0 Å². The molecule has 7 heteroatoms. The number of nitrogens with one attached hydrogen (secondary N) is 3. The highest BCUT2D eigenvalue weighted by atomic mass is 32.2. The molecule has 0 radical (unpaired) electrons. The minimum atomic E-state index is -3.78. The second kappa shape index (κ2) is 9.00. The first-order chi connectivity index (χ1) is 14.2. The molecule has 0 saturated heterocycles. The number of hydrogen-bond donors (Lipinski definition) is 3. The monoisotopic (exact) mass is 423 g/mol. The van der Waals surface area contributed by atoms with E-state index in [0.717, 1.165) is 5.56 Å². The Bertz CT molecular complexity index is 1150. The quantitative estimate of drug-likeness (QED) is 0.521. The topological polar surface area (TPSA) is 87.3 Å². The average molecular weight is 424 g/mol. The molecule has 1 unspecified atom stereocenters. The van der Waals surface area contributed by atoms with Crippen molar-refractivity contribution in [2.24, 2.45) is 0 Å². The third-order valence-corrected chi connectivity index (χ3v) is 6.09. The maximum atomic E-state index is 12.9. The summed E-state index contributed by atoms with van der Waals surface area (Å²) in [6.45, 7) is 5.35. The normalized spacial score (nSPS) is 12.1. The number of aryl methyl sites for hydroxylation is 2. The van der Waals surface area contributed by atoms with Crippen molar-refractivity contribution < 1.29 is 13.2 Å². The lowest BCUT2D eigenvalue weighted by Gasteiger charge is -2.17. The van der Waals surface area contributed by atoms with Crippen molar-refractivity contribution in [1.82, 2.24) is 0 Å². The Morgan fingerprint density at radius 2 is 1.53 bits per heavy atom. The number of hydrogen-bond acceptors (Lipinski definition) is 4. The van der Waals surface area contributed by atoms with E-state index in [2.05, 4.69) is 15.4 Å². The van der Waals surface area contributed by atoms with Gasteiger partial charge in [0.1, 0.15) is 6.04 Å². The van der Waals surface area contributed by atoms with Crippen LogP contribution in [-0.4, -0.2) is 20.4 Å². The Labute approximate surface area is 177 Å². The molecule has 0 heterocycles. The molecule has 0 aliphatic rings. The summed E-state index contributed by atoms with van der Waals surface area (Å²) < 4.78 is 28.5. The molecule has 0 aromatic heterocycles. The van der Waals surface area contributed by atoms with Crippen LogP contribution in [0.5, 0.6) is 0 Å². The Kier molecular flexibility index (Phi) is 6.42. The van der Waals surface area contributed by atoms with Crippen LogP contribution in [0, 0.1) is 13.8 Å². The van der Waals surface area contributed by atoms with Gasteiger partial charge in [-0.3, -0.25) is 9.52 Å². The molecule has 0 fully saturated rings. The number of sulfonamides is 1. The van der Waals surface area contributed by atoms with Crippen molar-refractivity contribution in [2.75, 3.05) is 15.4 Å². The van der Waals surface area contributed by atoms with Gasteiger partial charge in [0.2, 0.25) is 5.91 Å². The Balaban J connectivity index is 1.76. The number of para-hydroxylation sites is 1. The van der Waals surface area contributed by atoms with E-state index in [0.29, 0.717) is 22.6 Å². The van der Waals surface area contributed by atoms with E-state index in [1.54, 1.807) is 62.4 Å². The summed E-state index contributed by atoms with van der Waals surface area (Å²) in [5.41, 5.74) is 3.32. The van der Waals surface area contributed by atoms with Crippen LogP contribution in [-0.2, 0) is 14.8 Å². The van der Waals surface area contributed by atoms with Gasteiger partial charge in [-0.25, -0.2) is 8.42 Å². The van der Waals surface area contributed by atoms with Crippen LogP contribution in [0.3, 0.4) is 0 Å². The van der Waals surface area contributed by atoms with Gasteiger partial charge < -0.3 is 10.6 Å². The molecule has 0 saturated carbocycles. The summed E-state index contributed by atoms with van der Waals surface area (Å²) in [4.78, 5) is 12.6. The summed E-state index contributed by atoms with van der Waals surface area (Å²) in [5.74, 6) is -0.218. The van der Waals surface area contributed by atoms with Gasteiger partial charge in [0.25, 0.3) is 10.0 Å². The van der Waals surface area contributed by atoms with Crippen molar-refractivity contribution in [2.45, 2.75) is 31.7 Å². The lowest BCUT2D eigenvalue weighted by atomic mass is 10.2. The third-order valence-electron chi connectivity index (χ3n) is 4.57. The molecule has 3 aromatic carbocycles. The van der Waals surface area contributed by atoms with Crippen LogP contribution in [0.1, 0.15) is 18.1 Å². The molecule has 1 amide bonds. The maximum absolute atomic E-state index is 12.9. The molecule has 0 aliphatic heterocycles. The van der Waals surface area contributed by atoms with Crippen LogP contribution in [0.4, 0.5) is 17.1 Å². The van der Waals surface area contributed by atoms with Gasteiger partial charge in [0, 0.05) is 17.1 Å². The Hall–Kier alpha value is -3.32. The van der Waals surface area contributed by atoms with Gasteiger partial charge >= 0.3 is 0 Å². The maximum Gasteiger partial charge on any atom is 0.262 e. The zero-order valence-electron chi connectivity index (χ0n) is 17.1. The lowest BCUT2D eigenvalue weighted by molar-refractivity contribution is -0.116. The Morgan fingerprint density at radius 3 is 2.23 bits per heavy atom. The molecule has 0 aliphatic carbocycles. The van der Waals surface area contributed by atoms with Crippen LogP contribution in [0.2, 0.25) is 0 Å². The molecule has 0 spiro atoms. The molecule has 3 rings (SSSR count). The van der Waals surface area contributed by atoms with Crippen molar-refractivity contribution in [3.63, 3.8) is 0 Å². The minimum absolute atomic E-state index is 0.157. The first kappa shape index (κ1) is 21.4. The van der Waals surface area contributed by atoms with E-state index in [1.165, 1.54) is 0 Å². The SMILES string of the molecule is Cc1cccc(NS(=O)(=O)c2cc(NC(C)C(=O)Nc3ccccc3)ccc2C)c1. The smallest absolute Gasteiger partial charge is 0.262 e. The number of anilines is 3. The van der Waals surface area contributed by atoms with E-state index in [-0.39, 0.29) is 10.8 Å². The van der Waals surface area contributed by atoms with E-state index in [4.69, 9.17) is 0 Å². The van der Waals surface area contributed by atoms with Crippen LogP contribution >= 0.6 is 0 Å². The van der Waals surface area contributed by atoms with Crippen LogP contribution < -0.4 is 15.4 Å². The molecule has 30 heavy (non-hydrogen) atoms. The predicted molar refractivity (Wildman–Crippen MR) is 121 cm³/mol. The standard InChI is InChI=1S/C23H25N3O3S/c1-16-8-7-11-21(14-16)26-30(28,29)22-15-20(13-12-17(22)2)24-18(3)23(27)25-19-9-5-4-6-10-19/h4-15,18,24,26H,1-3H3,(H,25,27).